The molecular formula is C11H26N3O2P. The number of hydrogen-bond acceptors (Lipinski definition) is 3. The Labute approximate surface area is 105 Å². The van der Waals surface area contributed by atoms with E-state index < -0.39 is 7.67 Å². The van der Waals surface area contributed by atoms with E-state index in [9.17, 15) is 4.57 Å². The SMILES string of the molecule is CCOP(=O)(N(C)C)N1CCN(C(C)C)CC1. The first kappa shape index (κ1) is 15.1. The molecule has 0 saturated carbocycles. The van der Waals surface area contributed by atoms with E-state index >= 15 is 0 Å². The van der Waals surface area contributed by atoms with Crippen molar-refractivity contribution in [3.63, 3.8) is 0 Å². The Balaban J connectivity index is 2.65. The molecule has 0 aliphatic carbocycles. The molecule has 1 aliphatic rings. The van der Waals surface area contributed by atoms with E-state index in [1.165, 1.54) is 0 Å². The van der Waals surface area contributed by atoms with Gasteiger partial charge in [-0.3, -0.25) is 9.46 Å². The number of nitrogens with zero attached hydrogens (tertiary/aromatic N) is 3. The number of piperazine rings is 1. The van der Waals surface area contributed by atoms with Crippen molar-refractivity contribution in [3.05, 3.63) is 0 Å². The van der Waals surface area contributed by atoms with Crippen molar-refractivity contribution in [2.45, 2.75) is 26.8 Å². The third kappa shape index (κ3) is 3.52. The Bertz CT molecular complexity index is 276. The highest BCUT2D eigenvalue weighted by Gasteiger charge is 2.36. The fraction of sp³-hybridized carbons (Fsp3) is 1.00. The molecule has 1 heterocycles. The van der Waals surface area contributed by atoms with Gasteiger partial charge in [-0.25, -0.2) is 9.34 Å². The van der Waals surface area contributed by atoms with Crippen LogP contribution in [0, 0.1) is 0 Å². The third-order valence-corrected chi connectivity index (χ3v) is 5.90. The van der Waals surface area contributed by atoms with Gasteiger partial charge in [0, 0.05) is 32.2 Å². The van der Waals surface area contributed by atoms with Crippen LogP contribution in [0.2, 0.25) is 0 Å². The molecule has 6 heteroatoms. The molecule has 1 aliphatic heterocycles. The molecule has 0 aromatic heterocycles. The maximum Gasteiger partial charge on any atom is 0.345 e. The van der Waals surface area contributed by atoms with E-state index in [2.05, 4.69) is 18.7 Å². The van der Waals surface area contributed by atoms with Crippen molar-refractivity contribution >= 4 is 7.67 Å². The second kappa shape index (κ2) is 6.30. The fourth-order valence-electron chi connectivity index (χ4n) is 2.10. The van der Waals surface area contributed by atoms with Gasteiger partial charge in [0.2, 0.25) is 0 Å². The van der Waals surface area contributed by atoms with Gasteiger partial charge >= 0.3 is 7.67 Å². The smallest absolute Gasteiger partial charge is 0.306 e. The van der Waals surface area contributed by atoms with E-state index in [4.69, 9.17) is 4.52 Å². The van der Waals surface area contributed by atoms with Crippen LogP contribution in [0.1, 0.15) is 20.8 Å². The van der Waals surface area contributed by atoms with Crippen LogP contribution in [0.15, 0.2) is 0 Å². The minimum atomic E-state index is -2.78. The first-order valence-corrected chi connectivity index (χ1v) is 7.86. The van der Waals surface area contributed by atoms with Crippen molar-refractivity contribution in [1.29, 1.82) is 0 Å². The van der Waals surface area contributed by atoms with Crippen LogP contribution in [0.5, 0.6) is 0 Å². The molecule has 1 atom stereocenters. The van der Waals surface area contributed by atoms with Crippen LogP contribution in [0.4, 0.5) is 0 Å². The van der Waals surface area contributed by atoms with E-state index in [1.54, 1.807) is 4.67 Å². The van der Waals surface area contributed by atoms with Crippen LogP contribution in [0.3, 0.4) is 0 Å². The Hall–Kier alpha value is 0.0700. The summed E-state index contributed by atoms with van der Waals surface area (Å²) in [6, 6.07) is 0.558. The van der Waals surface area contributed by atoms with Crippen molar-refractivity contribution in [2.75, 3.05) is 46.9 Å². The lowest BCUT2D eigenvalue weighted by molar-refractivity contribution is 0.131. The lowest BCUT2D eigenvalue weighted by Gasteiger charge is -2.41. The molecule has 0 spiro atoms. The van der Waals surface area contributed by atoms with Crippen LogP contribution in [0.25, 0.3) is 0 Å². The second-order valence-corrected chi connectivity index (χ2v) is 7.44. The standard InChI is InChI=1S/C11H26N3O2P/c1-6-16-17(15,12(4)5)14-9-7-13(8-10-14)11(2)3/h11H,6-10H2,1-5H3. The van der Waals surface area contributed by atoms with Gasteiger partial charge in [-0.15, -0.1) is 0 Å². The van der Waals surface area contributed by atoms with Gasteiger partial charge in [0.15, 0.2) is 0 Å². The Morgan fingerprint density at radius 3 is 2.12 bits per heavy atom. The lowest BCUT2D eigenvalue weighted by atomic mass is 10.3. The van der Waals surface area contributed by atoms with Crippen LogP contribution < -0.4 is 0 Å². The van der Waals surface area contributed by atoms with Gasteiger partial charge in [-0.05, 0) is 34.9 Å². The van der Waals surface area contributed by atoms with E-state index in [1.807, 2.05) is 25.7 Å². The van der Waals surface area contributed by atoms with Gasteiger partial charge in [-0.1, -0.05) is 0 Å². The Kier molecular flexibility index (Phi) is 5.61. The maximum atomic E-state index is 12.8. The van der Waals surface area contributed by atoms with Crippen molar-refractivity contribution in [1.82, 2.24) is 14.2 Å². The van der Waals surface area contributed by atoms with Crippen LogP contribution >= 0.6 is 7.67 Å². The monoisotopic (exact) mass is 263 g/mol. The summed E-state index contributed by atoms with van der Waals surface area (Å²) in [4.78, 5) is 2.41. The van der Waals surface area contributed by atoms with Crippen molar-refractivity contribution in [2.24, 2.45) is 0 Å². The maximum absolute atomic E-state index is 12.8. The zero-order valence-electron chi connectivity index (χ0n) is 11.7. The average Bonchev–Trinajstić information content (AvgIpc) is 2.29. The summed E-state index contributed by atoms with van der Waals surface area (Å²) in [5.74, 6) is 0. The largest absolute Gasteiger partial charge is 0.345 e. The Morgan fingerprint density at radius 1 is 1.24 bits per heavy atom. The summed E-state index contributed by atoms with van der Waals surface area (Å²) < 4.78 is 22.0. The predicted octanol–water partition coefficient (Wildman–Crippen LogP) is 1.72. The van der Waals surface area contributed by atoms with Gasteiger partial charge in [0.05, 0.1) is 6.61 Å². The number of hydrogen-bond donors (Lipinski definition) is 0. The highest BCUT2D eigenvalue weighted by Crippen LogP contribution is 2.52. The Morgan fingerprint density at radius 2 is 1.76 bits per heavy atom. The first-order valence-electron chi connectivity index (χ1n) is 6.33. The van der Waals surface area contributed by atoms with E-state index in [0.29, 0.717) is 12.6 Å². The van der Waals surface area contributed by atoms with Gasteiger partial charge < -0.3 is 4.52 Å². The summed E-state index contributed by atoms with van der Waals surface area (Å²) in [6.45, 7) is 10.3. The summed E-state index contributed by atoms with van der Waals surface area (Å²) in [7, 11) is 0.866. The summed E-state index contributed by atoms with van der Waals surface area (Å²) >= 11 is 0. The molecule has 0 aromatic carbocycles. The van der Waals surface area contributed by atoms with Gasteiger partial charge in [0.25, 0.3) is 0 Å². The van der Waals surface area contributed by atoms with E-state index in [0.717, 1.165) is 26.2 Å². The van der Waals surface area contributed by atoms with Crippen LogP contribution in [-0.2, 0) is 9.09 Å². The van der Waals surface area contributed by atoms with Crippen LogP contribution in [-0.4, -0.2) is 67.2 Å². The highest BCUT2D eigenvalue weighted by molar-refractivity contribution is 7.53. The molecule has 0 aromatic rings. The fourth-order valence-corrected chi connectivity index (χ4v) is 4.02. The normalized spacial score (nSPS) is 23.2. The first-order chi connectivity index (χ1) is 7.91. The highest BCUT2D eigenvalue weighted by atomic mass is 31.2. The predicted molar refractivity (Wildman–Crippen MR) is 71.2 cm³/mol. The average molecular weight is 263 g/mol. The zero-order chi connectivity index (χ0) is 13.1. The van der Waals surface area contributed by atoms with Gasteiger partial charge in [-0.2, -0.15) is 0 Å². The van der Waals surface area contributed by atoms with Crippen molar-refractivity contribution < 1.29 is 9.09 Å². The second-order valence-electron chi connectivity index (χ2n) is 4.84. The molecule has 0 bridgehead atoms. The minimum absolute atomic E-state index is 0.486. The molecule has 1 fully saturated rings. The molecule has 5 nitrogen and oxygen atoms in total. The summed E-state index contributed by atoms with van der Waals surface area (Å²) in [5, 5.41) is 0. The number of rotatable bonds is 5. The molecule has 0 N–H and O–H groups in total. The molecular weight excluding hydrogens is 237 g/mol. The minimum Gasteiger partial charge on any atom is -0.306 e. The lowest BCUT2D eigenvalue weighted by Crippen LogP contribution is -2.48. The summed E-state index contributed by atoms with van der Waals surface area (Å²) in [6.07, 6.45) is 0. The molecule has 1 saturated heterocycles. The topological polar surface area (TPSA) is 36.0 Å². The van der Waals surface area contributed by atoms with E-state index in [-0.39, 0.29) is 0 Å². The molecule has 0 amide bonds. The molecule has 17 heavy (non-hydrogen) atoms. The zero-order valence-corrected chi connectivity index (χ0v) is 12.6. The summed E-state index contributed by atoms with van der Waals surface area (Å²) in [5.41, 5.74) is 0. The molecule has 102 valence electrons. The third-order valence-electron chi connectivity index (χ3n) is 3.18. The molecule has 1 rings (SSSR count). The molecule has 1 unspecified atom stereocenters. The molecule has 0 radical (unpaired) electrons. The van der Waals surface area contributed by atoms with Crippen molar-refractivity contribution in [3.8, 4) is 0 Å². The quantitative estimate of drug-likeness (QED) is 0.706. The van der Waals surface area contributed by atoms with Gasteiger partial charge in [0.1, 0.15) is 0 Å².